The summed E-state index contributed by atoms with van der Waals surface area (Å²) >= 11 is 0. The molecule has 1 unspecified atom stereocenters. The van der Waals surface area contributed by atoms with Gasteiger partial charge >= 0.3 is 0 Å². The first-order valence-electron chi connectivity index (χ1n) is 6.74. The fourth-order valence-electron chi connectivity index (χ4n) is 2.07. The summed E-state index contributed by atoms with van der Waals surface area (Å²) in [7, 11) is 1.80. The number of likely N-dealkylation sites (N-methyl/N-ethyl adjacent to an activating group) is 1. The van der Waals surface area contributed by atoms with Crippen molar-refractivity contribution in [3.8, 4) is 0 Å². The number of halogens is 3. The van der Waals surface area contributed by atoms with Crippen LogP contribution in [0, 0.1) is 17.5 Å². The Hall–Kier alpha value is -2.34. The third-order valence-electron chi connectivity index (χ3n) is 3.09. The first-order chi connectivity index (χ1) is 10.4. The number of benzene rings is 2. The van der Waals surface area contributed by atoms with Gasteiger partial charge in [0.1, 0.15) is 24.0 Å². The molecule has 0 aliphatic carbocycles. The highest BCUT2D eigenvalue weighted by molar-refractivity contribution is 5.91. The van der Waals surface area contributed by atoms with Gasteiger partial charge < -0.3 is 10.2 Å². The molecule has 0 heterocycles. The third kappa shape index (κ3) is 4.60. The standard InChI is InChI=1S/C16H15F3N2O/c1-21(9-11-2-4-12(17)5-3-11)10-16(22)20-15-7-6-13(18)8-14(15)19/h2-8H,9-10H2,1H3,(H,20,22)/p+1. The Labute approximate surface area is 126 Å². The zero-order valence-electron chi connectivity index (χ0n) is 12.0. The summed E-state index contributed by atoms with van der Waals surface area (Å²) in [5.41, 5.74) is 0.834. The topological polar surface area (TPSA) is 33.5 Å². The van der Waals surface area contributed by atoms with Gasteiger partial charge in [-0.05, 0) is 24.3 Å². The first-order valence-corrected chi connectivity index (χ1v) is 6.74. The maximum absolute atomic E-state index is 13.4. The number of hydrogen-bond donors (Lipinski definition) is 2. The molecule has 0 spiro atoms. The van der Waals surface area contributed by atoms with Crippen molar-refractivity contribution in [1.29, 1.82) is 0 Å². The summed E-state index contributed by atoms with van der Waals surface area (Å²) < 4.78 is 39.0. The molecule has 3 nitrogen and oxygen atoms in total. The summed E-state index contributed by atoms with van der Waals surface area (Å²) in [5, 5.41) is 2.40. The quantitative estimate of drug-likeness (QED) is 0.867. The SMILES string of the molecule is C[NH+](CC(=O)Nc1ccc(F)cc1F)Cc1ccc(F)cc1. The number of anilines is 1. The van der Waals surface area contributed by atoms with Gasteiger partial charge in [0.15, 0.2) is 6.54 Å². The van der Waals surface area contributed by atoms with E-state index in [4.69, 9.17) is 0 Å². The average molecular weight is 309 g/mol. The molecule has 0 aromatic heterocycles. The van der Waals surface area contributed by atoms with Gasteiger partial charge in [0.2, 0.25) is 0 Å². The Kier molecular flexibility index (Phi) is 5.16. The Morgan fingerprint density at radius 3 is 2.32 bits per heavy atom. The highest BCUT2D eigenvalue weighted by Gasteiger charge is 2.13. The number of quaternary nitrogens is 1. The van der Waals surface area contributed by atoms with Gasteiger partial charge in [0, 0.05) is 11.6 Å². The number of nitrogens with one attached hydrogen (secondary N) is 2. The number of rotatable bonds is 5. The van der Waals surface area contributed by atoms with E-state index in [-0.39, 0.29) is 24.0 Å². The summed E-state index contributed by atoms with van der Waals surface area (Å²) in [6.07, 6.45) is 0. The lowest BCUT2D eigenvalue weighted by atomic mass is 10.2. The number of carbonyl (C=O) groups is 1. The van der Waals surface area contributed by atoms with Crippen LogP contribution in [0.15, 0.2) is 42.5 Å². The van der Waals surface area contributed by atoms with Gasteiger partial charge in [-0.3, -0.25) is 4.79 Å². The van der Waals surface area contributed by atoms with Crippen LogP contribution < -0.4 is 10.2 Å². The molecule has 2 rings (SSSR count). The van der Waals surface area contributed by atoms with E-state index in [1.165, 1.54) is 18.2 Å². The van der Waals surface area contributed by atoms with Crippen molar-refractivity contribution in [3.05, 3.63) is 65.5 Å². The van der Waals surface area contributed by atoms with Crippen LogP contribution in [0.3, 0.4) is 0 Å². The summed E-state index contributed by atoms with van der Waals surface area (Å²) in [6, 6.07) is 8.98. The predicted octanol–water partition coefficient (Wildman–Crippen LogP) is 1.76. The van der Waals surface area contributed by atoms with Crippen molar-refractivity contribution in [2.45, 2.75) is 6.54 Å². The van der Waals surface area contributed by atoms with E-state index in [9.17, 15) is 18.0 Å². The van der Waals surface area contributed by atoms with Crippen LogP contribution in [0.25, 0.3) is 0 Å². The van der Waals surface area contributed by atoms with Crippen molar-refractivity contribution >= 4 is 11.6 Å². The zero-order chi connectivity index (χ0) is 16.1. The molecule has 1 atom stereocenters. The minimum absolute atomic E-state index is 0.0546. The summed E-state index contributed by atoms with van der Waals surface area (Å²) in [5.74, 6) is -2.21. The van der Waals surface area contributed by atoms with Gasteiger partial charge in [0.05, 0.1) is 12.7 Å². The van der Waals surface area contributed by atoms with Crippen molar-refractivity contribution < 1.29 is 22.9 Å². The fourth-order valence-corrected chi connectivity index (χ4v) is 2.07. The van der Waals surface area contributed by atoms with Crippen LogP contribution >= 0.6 is 0 Å². The van der Waals surface area contributed by atoms with Crippen LogP contribution in [-0.2, 0) is 11.3 Å². The van der Waals surface area contributed by atoms with Crippen LogP contribution in [0.5, 0.6) is 0 Å². The lowest BCUT2D eigenvalue weighted by molar-refractivity contribution is -0.885. The molecule has 0 saturated heterocycles. The summed E-state index contributed by atoms with van der Waals surface area (Å²) in [6.45, 7) is 0.633. The lowest BCUT2D eigenvalue weighted by Crippen LogP contribution is -3.08. The maximum atomic E-state index is 13.4. The Balaban J connectivity index is 1.89. The van der Waals surface area contributed by atoms with Crippen LogP contribution in [0.4, 0.5) is 18.9 Å². The third-order valence-corrected chi connectivity index (χ3v) is 3.09. The molecule has 0 radical (unpaired) electrons. The number of amides is 1. The molecule has 0 fully saturated rings. The van der Waals surface area contributed by atoms with Crippen LogP contribution in [0.1, 0.15) is 5.56 Å². The normalized spacial score (nSPS) is 12.0. The van der Waals surface area contributed by atoms with Gasteiger partial charge in [0.25, 0.3) is 5.91 Å². The Morgan fingerprint density at radius 1 is 1.05 bits per heavy atom. The van der Waals surface area contributed by atoms with E-state index >= 15 is 0 Å². The van der Waals surface area contributed by atoms with Crippen LogP contribution in [-0.4, -0.2) is 19.5 Å². The number of hydrogen-bond acceptors (Lipinski definition) is 1. The highest BCUT2D eigenvalue weighted by Crippen LogP contribution is 2.14. The van der Waals surface area contributed by atoms with E-state index < -0.39 is 11.6 Å². The molecule has 116 valence electrons. The monoisotopic (exact) mass is 309 g/mol. The minimum atomic E-state index is -0.815. The molecule has 1 amide bonds. The van der Waals surface area contributed by atoms with Crippen LogP contribution in [0.2, 0.25) is 0 Å². The highest BCUT2D eigenvalue weighted by atomic mass is 19.1. The Morgan fingerprint density at radius 2 is 1.68 bits per heavy atom. The molecular formula is C16H16F3N2O+. The molecule has 0 bridgehead atoms. The first kappa shape index (κ1) is 16.0. The smallest absolute Gasteiger partial charge is 0.279 e. The Bertz CT molecular complexity index is 659. The second-order valence-corrected chi connectivity index (χ2v) is 5.11. The fraction of sp³-hybridized carbons (Fsp3) is 0.188. The van der Waals surface area contributed by atoms with Gasteiger partial charge in [-0.2, -0.15) is 0 Å². The molecule has 0 aliphatic rings. The lowest BCUT2D eigenvalue weighted by Gasteiger charge is -2.14. The predicted molar refractivity (Wildman–Crippen MR) is 76.8 cm³/mol. The summed E-state index contributed by atoms with van der Waals surface area (Å²) in [4.78, 5) is 12.7. The second kappa shape index (κ2) is 7.09. The molecule has 2 aromatic carbocycles. The largest absolute Gasteiger partial charge is 0.326 e. The minimum Gasteiger partial charge on any atom is -0.326 e. The second-order valence-electron chi connectivity index (χ2n) is 5.11. The molecule has 22 heavy (non-hydrogen) atoms. The van der Waals surface area contributed by atoms with Gasteiger partial charge in [-0.15, -0.1) is 0 Å². The van der Waals surface area contributed by atoms with E-state index in [1.807, 2.05) is 0 Å². The molecule has 0 saturated carbocycles. The van der Waals surface area contributed by atoms with E-state index in [0.717, 1.165) is 16.5 Å². The molecule has 2 aromatic rings. The van der Waals surface area contributed by atoms with Gasteiger partial charge in [-0.1, -0.05) is 12.1 Å². The van der Waals surface area contributed by atoms with Crippen molar-refractivity contribution in [2.24, 2.45) is 0 Å². The maximum Gasteiger partial charge on any atom is 0.279 e. The van der Waals surface area contributed by atoms with E-state index in [2.05, 4.69) is 5.32 Å². The molecule has 2 N–H and O–H groups in total. The average Bonchev–Trinajstić information content (AvgIpc) is 2.44. The van der Waals surface area contributed by atoms with Crippen molar-refractivity contribution in [1.82, 2.24) is 0 Å². The van der Waals surface area contributed by atoms with Crippen molar-refractivity contribution in [3.63, 3.8) is 0 Å². The molecule has 0 aliphatic heterocycles. The van der Waals surface area contributed by atoms with Crippen molar-refractivity contribution in [2.75, 3.05) is 18.9 Å². The molecule has 6 heteroatoms. The zero-order valence-corrected chi connectivity index (χ0v) is 12.0. The van der Waals surface area contributed by atoms with Gasteiger partial charge in [-0.25, -0.2) is 13.2 Å². The van der Waals surface area contributed by atoms with E-state index in [0.29, 0.717) is 12.6 Å². The molecular weight excluding hydrogens is 293 g/mol. The van der Waals surface area contributed by atoms with E-state index in [1.54, 1.807) is 19.2 Å². The number of carbonyl (C=O) groups excluding carboxylic acids is 1.